The number of aliphatic carboxylic acids is 1. The van der Waals surface area contributed by atoms with E-state index in [9.17, 15) is 19.2 Å². The van der Waals surface area contributed by atoms with E-state index in [2.05, 4.69) is 28.0 Å². The molecule has 0 aliphatic heterocycles. The summed E-state index contributed by atoms with van der Waals surface area (Å²) in [6.45, 7) is -0.333. The third-order valence-corrected chi connectivity index (χ3v) is 2.88. The molecule has 9 nitrogen and oxygen atoms in total. The van der Waals surface area contributed by atoms with Gasteiger partial charge in [0.2, 0.25) is 11.8 Å². The van der Waals surface area contributed by atoms with Crippen LogP contribution in [0.1, 0.15) is 12.8 Å². The average Bonchev–Trinajstić information content (AvgIpc) is 2.43. The Bertz CT molecular complexity index is 403. The molecule has 120 valence electrons. The van der Waals surface area contributed by atoms with E-state index in [0.717, 1.165) is 0 Å². The smallest absolute Gasteiger partial charge is 0.325 e. The van der Waals surface area contributed by atoms with Gasteiger partial charge in [0.15, 0.2) is 0 Å². The van der Waals surface area contributed by atoms with E-state index in [1.807, 2.05) is 0 Å². The first-order chi connectivity index (χ1) is 9.81. The van der Waals surface area contributed by atoms with Crippen LogP contribution in [0.15, 0.2) is 0 Å². The van der Waals surface area contributed by atoms with Gasteiger partial charge in [0.1, 0.15) is 12.6 Å². The van der Waals surface area contributed by atoms with E-state index in [0.29, 0.717) is 0 Å². The monoisotopic (exact) mass is 321 g/mol. The number of carbonyl (C=O) groups is 4. The molecule has 0 aromatic heterocycles. The molecule has 1 unspecified atom stereocenters. The lowest BCUT2D eigenvalue weighted by molar-refractivity contribution is -0.142. The molecule has 0 spiro atoms. The van der Waals surface area contributed by atoms with Crippen molar-refractivity contribution in [1.82, 2.24) is 10.6 Å². The number of carboxylic acids is 1. The number of hydrogen-bond acceptors (Lipinski definition) is 7. The third-order valence-electron chi connectivity index (χ3n) is 2.51. The minimum Gasteiger partial charge on any atom is -0.480 e. The van der Waals surface area contributed by atoms with Crippen molar-refractivity contribution in [2.45, 2.75) is 24.9 Å². The first-order valence-corrected chi connectivity index (χ1v) is 6.67. The number of rotatable bonds is 10. The molecule has 5 N–H and O–H groups in total. The zero-order valence-corrected chi connectivity index (χ0v) is 12.4. The highest BCUT2D eigenvalue weighted by Crippen LogP contribution is 2.01. The second kappa shape index (κ2) is 10.00. The quantitative estimate of drug-likeness (QED) is 0.228. The summed E-state index contributed by atoms with van der Waals surface area (Å²) in [7, 11) is 1.17. The van der Waals surface area contributed by atoms with Gasteiger partial charge in [0.25, 0.3) is 0 Å². The van der Waals surface area contributed by atoms with E-state index in [1.165, 1.54) is 7.11 Å². The molecule has 0 heterocycles. The standard InChI is InChI=1S/C11H19N3O6S/c1-20-9(16)4-13-10(17)7(5-21)14-6(11(18)19)2-3-8(12)15/h6-7,14,21H,2-5H2,1H3,(H2,12,15)(H,13,17)(H,18,19)/t6-,7?/m0/s1. The summed E-state index contributed by atoms with van der Waals surface area (Å²) in [6, 6.07) is -2.06. The molecular formula is C11H19N3O6S. The molecule has 0 aliphatic rings. The van der Waals surface area contributed by atoms with Gasteiger partial charge in [-0.2, -0.15) is 12.6 Å². The molecule has 2 atom stereocenters. The highest BCUT2D eigenvalue weighted by molar-refractivity contribution is 7.80. The maximum atomic E-state index is 11.8. The lowest BCUT2D eigenvalue weighted by atomic mass is 10.1. The number of nitrogens with one attached hydrogen (secondary N) is 2. The number of carbonyl (C=O) groups excluding carboxylic acids is 3. The second-order valence-corrected chi connectivity index (χ2v) is 4.46. The third kappa shape index (κ3) is 8.15. The molecule has 21 heavy (non-hydrogen) atoms. The SMILES string of the molecule is COC(=O)CNC(=O)C(CS)N[C@@H](CCC(N)=O)C(=O)O. The number of ether oxygens (including phenoxy) is 1. The Kier molecular flexibility index (Phi) is 9.13. The van der Waals surface area contributed by atoms with Crippen molar-refractivity contribution in [3.63, 3.8) is 0 Å². The molecule has 0 radical (unpaired) electrons. The first-order valence-electron chi connectivity index (χ1n) is 6.04. The number of nitrogens with two attached hydrogens (primary N) is 1. The lowest BCUT2D eigenvalue weighted by Crippen LogP contribution is -2.52. The van der Waals surface area contributed by atoms with E-state index in [4.69, 9.17) is 10.8 Å². The first kappa shape index (κ1) is 19.2. The van der Waals surface area contributed by atoms with Crippen molar-refractivity contribution in [3.05, 3.63) is 0 Å². The summed E-state index contributed by atoms with van der Waals surface area (Å²) >= 11 is 3.95. The molecule has 0 aromatic rings. The fraction of sp³-hybridized carbons (Fsp3) is 0.636. The van der Waals surface area contributed by atoms with Gasteiger partial charge in [-0.3, -0.25) is 24.5 Å². The van der Waals surface area contributed by atoms with Gasteiger partial charge < -0.3 is 20.9 Å². The minimum absolute atomic E-state index is 0.00730. The summed E-state index contributed by atoms with van der Waals surface area (Å²) in [5, 5.41) is 13.9. The molecule has 0 saturated heterocycles. The number of carboxylic acid groups (broad SMARTS) is 1. The number of primary amides is 1. The van der Waals surface area contributed by atoms with Crippen molar-refractivity contribution in [2.24, 2.45) is 5.73 Å². The fourth-order valence-corrected chi connectivity index (χ4v) is 1.64. The molecule has 0 rings (SSSR count). The van der Waals surface area contributed by atoms with Crippen LogP contribution in [0.3, 0.4) is 0 Å². The predicted molar refractivity (Wildman–Crippen MR) is 75.7 cm³/mol. The van der Waals surface area contributed by atoms with Crippen molar-refractivity contribution in [2.75, 3.05) is 19.4 Å². The molecule has 0 saturated carbocycles. The van der Waals surface area contributed by atoms with Gasteiger partial charge in [-0.25, -0.2) is 0 Å². The molecule has 0 aliphatic carbocycles. The lowest BCUT2D eigenvalue weighted by Gasteiger charge is -2.21. The number of esters is 1. The zero-order chi connectivity index (χ0) is 16.4. The Hall–Kier alpha value is -1.81. The molecule has 0 fully saturated rings. The fourth-order valence-electron chi connectivity index (χ4n) is 1.37. The van der Waals surface area contributed by atoms with Gasteiger partial charge in [-0.15, -0.1) is 0 Å². The van der Waals surface area contributed by atoms with Crippen LogP contribution in [0.25, 0.3) is 0 Å². The maximum Gasteiger partial charge on any atom is 0.325 e. The van der Waals surface area contributed by atoms with Crippen molar-refractivity contribution in [3.8, 4) is 0 Å². The summed E-state index contributed by atoms with van der Waals surface area (Å²) in [6.07, 6.45) is -0.188. The van der Waals surface area contributed by atoms with Gasteiger partial charge in [0.05, 0.1) is 13.2 Å². The average molecular weight is 321 g/mol. The number of hydrogen-bond donors (Lipinski definition) is 5. The highest BCUT2D eigenvalue weighted by Gasteiger charge is 2.25. The number of amides is 2. The van der Waals surface area contributed by atoms with E-state index in [1.54, 1.807) is 0 Å². The van der Waals surface area contributed by atoms with E-state index >= 15 is 0 Å². The van der Waals surface area contributed by atoms with Gasteiger partial charge in [-0.1, -0.05) is 0 Å². The van der Waals surface area contributed by atoms with E-state index in [-0.39, 0.29) is 25.1 Å². The van der Waals surface area contributed by atoms with E-state index < -0.39 is 35.8 Å². The Morgan fingerprint density at radius 3 is 2.33 bits per heavy atom. The highest BCUT2D eigenvalue weighted by atomic mass is 32.1. The zero-order valence-electron chi connectivity index (χ0n) is 11.5. The number of thiol groups is 1. The van der Waals surface area contributed by atoms with Gasteiger partial charge in [0, 0.05) is 12.2 Å². The predicted octanol–water partition coefficient (Wildman–Crippen LogP) is -2.12. The maximum absolute atomic E-state index is 11.8. The topological polar surface area (TPSA) is 148 Å². The van der Waals surface area contributed by atoms with Crippen LogP contribution in [0.4, 0.5) is 0 Å². The molecule has 2 amide bonds. The summed E-state index contributed by atoms with van der Waals surface area (Å²) in [5.74, 6) is -3.08. The Morgan fingerprint density at radius 1 is 1.29 bits per heavy atom. The molecule has 0 aromatic carbocycles. The molecule has 0 bridgehead atoms. The van der Waals surface area contributed by atoms with Crippen LogP contribution in [-0.4, -0.2) is 60.4 Å². The Balaban J connectivity index is 4.54. The normalized spacial score (nSPS) is 13.0. The van der Waals surface area contributed by atoms with Crippen LogP contribution in [0.2, 0.25) is 0 Å². The molecule has 10 heteroatoms. The van der Waals surface area contributed by atoms with Crippen LogP contribution < -0.4 is 16.4 Å². The summed E-state index contributed by atoms with van der Waals surface area (Å²) in [4.78, 5) is 44.4. The summed E-state index contributed by atoms with van der Waals surface area (Å²) in [5.41, 5.74) is 4.95. The Morgan fingerprint density at radius 2 is 1.90 bits per heavy atom. The van der Waals surface area contributed by atoms with Crippen molar-refractivity contribution >= 4 is 36.4 Å². The van der Waals surface area contributed by atoms with Gasteiger partial charge in [-0.05, 0) is 6.42 Å². The van der Waals surface area contributed by atoms with Gasteiger partial charge >= 0.3 is 11.9 Å². The second-order valence-electron chi connectivity index (χ2n) is 4.09. The Labute approximate surface area is 127 Å². The van der Waals surface area contributed by atoms with Crippen molar-refractivity contribution < 1.29 is 29.0 Å². The largest absolute Gasteiger partial charge is 0.480 e. The minimum atomic E-state index is -1.22. The number of methoxy groups -OCH3 is 1. The van der Waals surface area contributed by atoms with Crippen molar-refractivity contribution in [1.29, 1.82) is 0 Å². The van der Waals surface area contributed by atoms with Crippen LogP contribution in [0, 0.1) is 0 Å². The van der Waals surface area contributed by atoms with Crippen LogP contribution in [-0.2, 0) is 23.9 Å². The van der Waals surface area contributed by atoms with Crippen LogP contribution >= 0.6 is 12.6 Å². The summed E-state index contributed by atoms with van der Waals surface area (Å²) < 4.78 is 4.36. The molecular weight excluding hydrogens is 302 g/mol. The van der Waals surface area contributed by atoms with Crippen LogP contribution in [0.5, 0.6) is 0 Å².